The number of H-pyrrole nitrogens is 1. The summed E-state index contributed by atoms with van der Waals surface area (Å²) in [5, 5.41) is 6.13. The Bertz CT molecular complexity index is 874. The molecule has 2 aromatic carbocycles. The van der Waals surface area contributed by atoms with E-state index in [9.17, 15) is 4.79 Å². The number of anilines is 4. The third-order valence-electron chi connectivity index (χ3n) is 3.32. The molecule has 0 bridgehead atoms. The lowest BCUT2D eigenvalue weighted by molar-refractivity contribution is 1.000. The van der Waals surface area contributed by atoms with Crippen molar-refractivity contribution < 1.29 is 0 Å². The van der Waals surface area contributed by atoms with Crippen molar-refractivity contribution in [2.75, 3.05) is 10.6 Å². The van der Waals surface area contributed by atoms with Crippen LogP contribution in [0.1, 0.15) is 11.1 Å². The summed E-state index contributed by atoms with van der Waals surface area (Å²) < 4.78 is 0. The van der Waals surface area contributed by atoms with Gasteiger partial charge in [-0.3, -0.25) is 4.98 Å². The summed E-state index contributed by atoms with van der Waals surface area (Å²) in [6.45, 7) is 4.02. The van der Waals surface area contributed by atoms with Crippen molar-refractivity contribution >= 4 is 23.3 Å². The third-order valence-corrected chi connectivity index (χ3v) is 3.32. The van der Waals surface area contributed by atoms with Gasteiger partial charge in [-0.05, 0) is 37.6 Å². The highest BCUT2D eigenvalue weighted by Crippen LogP contribution is 2.19. The smallest absolute Gasteiger partial charge is 0.326 e. The van der Waals surface area contributed by atoms with Crippen molar-refractivity contribution in [2.24, 2.45) is 0 Å². The molecule has 0 amide bonds. The fourth-order valence-electron chi connectivity index (χ4n) is 2.23. The Labute approximate surface area is 133 Å². The molecular formula is C17H17N5O. The van der Waals surface area contributed by atoms with Crippen LogP contribution in [0.15, 0.2) is 53.3 Å². The Balaban J connectivity index is 1.87. The monoisotopic (exact) mass is 307 g/mol. The highest BCUT2D eigenvalue weighted by Gasteiger charge is 2.05. The normalized spacial score (nSPS) is 10.3. The van der Waals surface area contributed by atoms with Crippen molar-refractivity contribution in [3.8, 4) is 0 Å². The molecule has 0 aliphatic rings. The topological polar surface area (TPSA) is 82.7 Å². The third kappa shape index (κ3) is 3.74. The van der Waals surface area contributed by atoms with Crippen molar-refractivity contribution in [2.45, 2.75) is 13.8 Å². The second kappa shape index (κ2) is 6.31. The average Bonchev–Trinajstić information content (AvgIpc) is 2.50. The summed E-state index contributed by atoms with van der Waals surface area (Å²) >= 11 is 0. The quantitative estimate of drug-likeness (QED) is 0.689. The van der Waals surface area contributed by atoms with Gasteiger partial charge in [0.1, 0.15) is 0 Å². The standard InChI is InChI=1S/C17H17N5O/c1-11-8-9-14(12(2)10-11)19-16-20-15(21-17(23)22-16)18-13-6-4-3-5-7-13/h3-10H,1-2H3,(H3,18,19,20,21,22,23). The Morgan fingerprint density at radius 3 is 2.48 bits per heavy atom. The summed E-state index contributed by atoms with van der Waals surface area (Å²) in [4.78, 5) is 22.5. The number of aromatic amines is 1. The Morgan fingerprint density at radius 1 is 0.957 bits per heavy atom. The molecule has 6 heteroatoms. The van der Waals surface area contributed by atoms with E-state index in [1.54, 1.807) is 0 Å². The minimum absolute atomic E-state index is 0.249. The highest BCUT2D eigenvalue weighted by molar-refractivity contribution is 5.60. The molecule has 0 aliphatic carbocycles. The zero-order valence-electron chi connectivity index (χ0n) is 12.9. The van der Waals surface area contributed by atoms with Gasteiger partial charge in [0.05, 0.1) is 0 Å². The van der Waals surface area contributed by atoms with E-state index in [1.165, 1.54) is 5.56 Å². The Morgan fingerprint density at radius 2 is 1.74 bits per heavy atom. The SMILES string of the molecule is Cc1ccc(Nc2nc(Nc3ccccc3)[nH]c(=O)n2)c(C)c1. The molecule has 0 saturated heterocycles. The Kier molecular flexibility index (Phi) is 4.05. The van der Waals surface area contributed by atoms with E-state index in [0.29, 0.717) is 5.95 Å². The van der Waals surface area contributed by atoms with Gasteiger partial charge in [0, 0.05) is 11.4 Å². The zero-order valence-corrected chi connectivity index (χ0v) is 12.9. The minimum atomic E-state index is -0.467. The number of benzene rings is 2. The van der Waals surface area contributed by atoms with Crippen LogP contribution in [0.5, 0.6) is 0 Å². The van der Waals surface area contributed by atoms with Crippen LogP contribution < -0.4 is 16.3 Å². The van der Waals surface area contributed by atoms with E-state index in [4.69, 9.17) is 0 Å². The molecule has 0 saturated carbocycles. The van der Waals surface area contributed by atoms with Crippen molar-refractivity contribution in [3.05, 3.63) is 70.1 Å². The number of hydrogen-bond acceptors (Lipinski definition) is 5. The molecule has 6 nitrogen and oxygen atoms in total. The summed E-state index contributed by atoms with van der Waals surface area (Å²) in [6, 6.07) is 15.5. The zero-order chi connectivity index (χ0) is 16.2. The molecule has 3 rings (SSSR count). The molecule has 0 aliphatic heterocycles. The average molecular weight is 307 g/mol. The molecule has 0 fully saturated rings. The highest BCUT2D eigenvalue weighted by atomic mass is 16.1. The van der Waals surface area contributed by atoms with E-state index in [1.807, 2.05) is 56.3 Å². The molecule has 23 heavy (non-hydrogen) atoms. The lowest BCUT2D eigenvalue weighted by atomic mass is 10.1. The number of nitrogens with one attached hydrogen (secondary N) is 3. The summed E-state index contributed by atoms with van der Waals surface area (Å²) in [6.07, 6.45) is 0. The molecule has 3 N–H and O–H groups in total. The minimum Gasteiger partial charge on any atom is -0.326 e. The van der Waals surface area contributed by atoms with Gasteiger partial charge in [-0.15, -0.1) is 0 Å². The number of aromatic nitrogens is 3. The second-order valence-corrected chi connectivity index (χ2v) is 5.26. The predicted molar refractivity (Wildman–Crippen MR) is 91.6 cm³/mol. The van der Waals surface area contributed by atoms with Crippen LogP contribution in [0, 0.1) is 13.8 Å². The van der Waals surface area contributed by atoms with Crippen LogP contribution in [0.3, 0.4) is 0 Å². The molecule has 0 radical (unpaired) electrons. The van der Waals surface area contributed by atoms with Crippen LogP contribution in [0.4, 0.5) is 23.3 Å². The number of rotatable bonds is 4. The van der Waals surface area contributed by atoms with Crippen LogP contribution >= 0.6 is 0 Å². The van der Waals surface area contributed by atoms with Crippen LogP contribution in [-0.2, 0) is 0 Å². The van der Waals surface area contributed by atoms with Gasteiger partial charge in [-0.2, -0.15) is 9.97 Å². The maximum absolute atomic E-state index is 11.7. The molecule has 1 aromatic heterocycles. The van der Waals surface area contributed by atoms with E-state index in [2.05, 4.69) is 31.7 Å². The van der Waals surface area contributed by atoms with E-state index in [-0.39, 0.29) is 5.95 Å². The van der Waals surface area contributed by atoms with Gasteiger partial charge < -0.3 is 10.6 Å². The van der Waals surface area contributed by atoms with E-state index in [0.717, 1.165) is 16.9 Å². The van der Waals surface area contributed by atoms with Crippen LogP contribution in [0.2, 0.25) is 0 Å². The van der Waals surface area contributed by atoms with Gasteiger partial charge in [0.2, 0.25) is 11.9 Å². The summed E-state index contributed by atoms with van der Waals surface area (Å²) in [5.74, 6) is 0.586. The van der Waals surface area contributed by atoms with Crippen LogP contribution in [-0.4, -0.2) is 15.0 Å². The molecule has 0 atom stereocenters. The van der Waals surface area contributed by atoms with Crippen molar-refractivity contribution in [1.29, 1.82) is 0 Å². The first-order valence-electron chi connectivity index (χ1n) is 7.25. The maximum atomic E-state index is 11.7. The lowest BCUT2D eigenvalue weighted by Crippen LogP contribution is -2.16. The van der Waals surface area contributed by atoms with Gasteiger partial charge >= 0.3 is 5.69 Å². The maximum Gasteiger partial charge on any atom is 0.351 e. The van der Waals surface area contributed by atoms with Crippen molar-refractivity contribution in [1.82, 2.24) is 15.0 Å². The van der Waals surface area contributed by atoms with E-state index < -0.39 is 5.69 Å². The van der Waals surface area contributed by atoms with Crippen molar-refractivity contribution in [3.63, 3.8) is 0 Å². The number of hydrogen-bond donors (Lipinski definition) is 3. The van der Waals surface area contributed by atoms with Crippen LogP contribution in [0.25, 0.3) is 0 Å². The van der Waals surface area contributed by atoms with Gasteiger partial charge in [-0.1, -0.05) is 35.9 Å². The molecule has 1 heterocycles. The van der Waals surface area contributed by atoms with E-state index >= 15 is 0 Å². The summed E-state index contributed by atoms with van der Waals surface area (Å²) in [5.41, 5.74) is 3.47. The fourth-order valence-corrected chi connectivity index (χ4v) is 2.23. The molecule has 0 spiro atoms. The Hall–Kier alpha value is -3.15. The number of para-hydroxylation sites is 1. The molecule has 0 unspecified atom stereocenters. The summed E-state index contributed by atoms with van der Waals surface area (Å²) in [7, 11) is 0. The largest absolute Gasteiger partial charge is 0.351 e. The molecular weight excluding hydrogens is 290 g/mol. The number of aryl methyl sites for hydroxylation is 2. The van der Waals surface area contributed by atoms with Gasteiger partial charge in [0.25, 0.3) is 0 Å². The molecule has 3 aromatic rings. The number of nitrogens with zero attached hydrogens (tertiary/aromatic N) is 2. The second-order valence-electron chi connectivity index (χ2n) is 5.26. The first kappa shape index (κ1) is 14.8. The lowest BCUT2D eigenvalue weighted by Gasteiger charge is -2.10. The predicted octanol–water partition coefficient (Wildman–Crippen LogP) is 3.27. The van der Waals surface area contributed by atoms with Gasteiger partial charge in [0.15, 0.2) is 0 Å². The van der Waals surface area contributed by atoms with Gasteiger partial charge in [-0.25, -0.2) is 4.79 Å². The molecule has 116 valence electrons. The first-order valence-corrected chi connectivity index (χ1v) is 7.25. The fraction of sp³-hybridized carbons (Fsp3) is 0.118. The first-order chi connectivity index (χ1) is 11.1.